The molecule has 0 fully saturated rings. The summed E-state index contributed by atoms with van der Waals surface area (Å²) in [6, 6.07) is 10.3. The van der Waals surface area contributed by atoms with Crippen LogP contribution >= 0.6 is 0 Å². The summed E-state index contributed by atoms with van der Waals surface area (Å²) in [7, 11) is 2.04. The van der Waals surface area contributed by atoms with Crippen molar-refractivity contribution in [2.45, 2.75) is 33.1 Å². The van der Waals surface area contributed by atoms with Gasteiger partial charge in [-0.25, -0.2) is 14.5 Å². The van der Waals surface area contributed by atoms with Gasteiger partial charge in [0, 0.05) is 37.3 Å². The Morgan fingerprint density at radius 3 is 2.58 bits per heavy atom. The maximum atomic E-state index is 4.85. The Morgan fingerprint density at radius 1 is 1.08 bits per heavy atom. The highest BCUT2D eigenvalue weighted by atomic mass is 15.3. The predicted octanol–water partition coefficient (Wildman–Crippen LogP) is 3.49. The second-order valence-corrected chi connectivity index (χ2v) is 6.81. The molecule has 0 bridgehead atoms. The molecule has 6 nitrogen and oxygen atoms in total. The van der Waals surface area contributed by atoms with Crippen LogP contribution in [-0.2, 0) is 13.5 Å². The molecule has 4 aromatic rings. The van der Waals surface area contributed by atoms with E-state index in [1.165, 1.54) is 0 Å². The van der Waals surface area contributed by atoms with Crippen molar-refractivity contribution in [3.05, 3.63) is 65.8 Å². The molecule has 0 saturated carbocycles. The second-order valence-electron chi connectivity index (χ2n) is 6.81. The molecule has 0 aliphatic rings. The number of hydrogen-bond acceptors (Lipinski definition) is 4. The van der Waals surface area contributed by atoms with Crippen molar-refractivity contribution in [2.24, 2.45) is 7.05 Å². The van der Waals surface area contributed by atoms with Gasteiger partial charge in [0.1, 0.15) is 5.82 Å². The van der Waals surface area contributed by atoms with E-state index in [2.05, 4.69) is 44.9 Å². The lowest BCUT2D eigenvalue weighted by atomic mass is 10.1. The van der Waals surface area contributed by atoms with Crippen LogP contribution in [0.15, 0.2) is 42.7 Å². The summed E-state index contributed by atoms with van der Waals surface area (Å²) in [6.07, 6.45) is 4.64. The summed E-state index contributed by atoms with van der Waals surface area (Å²) in [5, 5.41) is 4.66. The molecule has 0 amide bonds. The van der Waals surface area contributed by atoms with Gasteiger partial charge in [-0.2, -0.15) is 5.10 Å². The summed E-state index contributed by atoms with van der Waals surface area (Å²) >= 11 is 0. The molecule has 3 aromatic heterocycles. The molecule has 1 atom stereocenters. The molecule has 0 saturated heterocycles. The van der Waals surface area contributed by atoms with Crippen molar-refractivity contribution in [1.29, 1.82) is 0 Å². The predicted molar refractivity (Wildman–Crippen MR) is 101 cm³/mol. The fraction of sp³-hybridized carbons (Fsp3) is 0.300. The molecular formula is C20H22N6. The largest absolute Gasteiger partial charge is 0.337 e. The monoisotopic (exact) mass is 346 g/mol. The Balaban J connectivity index is 1.63. The molecule has 132 valence electrons. The van der Waals surface area contributed by atoms with E-state index >= 15 is 0 Å². The Hall–Kier alpha value is -3.02. The zero-order valence-corrected chi connectivity index (χ0v) is 15.5. The van der Waals surface area contributed by atoms with Crippen LogP contribution in [0, 0.1) is 13.8 Å². The number of nitrogens with zero attached hydrogens (tertiary/aromatic N) is 6. The van der Waals surface area contributed by atoms with Crippen LogP contribution in [0.1, 0.15) is 35.9 Å². The lowest BCUT2D eigenvalue weighted by Gasteiger charge is -2.08. The lowest BCUT2D eigenvalue weighted by Crippen LogP contribution is -2.07. The lowest BCUT2D eigenvalue weighted by molar-refractivity contribution is 0.636. The number of aromatic nitrogens is 6. The highest BCUT2D eigenvalue weighted by Gasteiger charge is 2.18. The van der Waals surface area contributed by atoms with E-state index in [1.807, 2.05) is 49.8 Å². The Kier molecular flexibility index (Phi) is 4.03. The summed E-state index contributed by atoms with van der Waals surface area (Å²) in [6.45, 7) is 6.12. The molecule has 0 spiro atoms. The first-order chi connectivity index (χ1) is 12.5. The normalized spacial score (nSPS) is 12.6. The summed E-state index contributed by atoms with van der Waals surface area (Å²) in [5.74, 6) is 2.07. The Bertz CT molecular complexity index is 1020. The number of rotatable bonds is 4. The molecule has 0 aliphatic heterocycles. The van der Waals surface area contributed by atoms with Gasteiger partial charge in [-0.1, -0.05) is 37.3 Å². The van der Waals surface area contributed by atoms with Gasteiger partial charge in [0.2, 0.25) is 0 Å². The zero-order chi connectivity index (χ0) is 18.3. The third-order valence-corrected chi connectivity index (χ3v) is 4.67. The standard InChI is InChI=1S/C20H22N6/c1-13(10-18-23-20-15(3)21-11-14(2)26(20)24-18)19-22-17(12-25(19)4)16-8-6-5-7-9-16/h5-9,11-13H,10H2,1-4H3. The molecular weight excluding hydrogens is 324 g/mol. The van der Waals surface area contributed by atoms with E-state index in [1.54, 1.807) is 0 Å². The van der Waals surface area contributed by atoms with Crippen molar-refractivity contribution in [1.82, 2.24) is 29.1 Å². The van der Waals surface area contributed by atoms with E-state index < -0.39 is 0 Å². The number of aryl methyl sites for hydroxylation is 3. The van der Waals surface area contributed by atoms with Crippen LogP contribution in [0.3, 0.4) is 0 Å². The summed E-state index contributed by atoms with van der Waals surface area (Å²) < 4.78 is 3.97. The first-order valence-electron chi connectivity index (χ1n) is 8.79. The smallest absolute Gasteiger partial charge is 0.177 e. The molecule has 1 unspecified atom stereocenters. The number of fused-ring (bicyclic) bond motifs is 1. The SMILES string of the molecule is Cc1ncc(C)n2nc(CC(C)c3nc(-c4ccccc4)cn3C)nc12. The highest BCUT2D eigenvalue weighted by Crippen LogP contribution is 2.24. The average molecular weight is 346 g/mol. The number of benzene rings is 1. The first-order valence-corrected chi connectivity index (χ1v) is 8.79. The maximum Gasteiger partial charge on any atom is 0.177 e. The van der Waals surface area contributed by atoms with Crippen LogP contribution in [0.4, 0.5) is 0 Å². The molecule has 4 rings (SSSR count). The van der Waals surface area contributed by atoms with Gasteiger partial charge in [-0.05, 0) is 13.8 Å². The minimum atomic E-state index is 0.212. The van der Waals surface area contributed by atoms with Crippen LogP contribution in [0.25, 0.3) is 16.9 Å². The Morgan fingerprint density at radius 2 is 1.85 bits per heavy atom. The van der Waals surface area contributed by atoms with Crippen LogP contribution < -0.4 is 0 Å². The highest BCUT2D eigenvalue weighted by molar-refractivity contribution is 5.58. The molecule has 26 heavy (non-hydrogen) atoms. The van der Waals surface area contributed by atoms with Crippen LogP contribution in [0.2, 0.25) is 0 Å². The van der Waals surface area contributed by atoms with E-state index in [-0.39, 0.29) is 5.92 Å². The topological polar surface area (TPSA) is 60.9 Å². The summed E-state index contributed by atoms with van der Waals surface area (Å²) in [5.41, 5.74) is 4.83. The minimum absolute atomic E-state index is 0.212. The van der Waals surface area contributed by atoms with Crippen LogP contribution in [-0.4, -0.2) is 29.1 Å². The second kappa shape index (κ2) is 6.37. The van der Waals surface area contributed by atoms with E-state index in [4.69, 9.17) is 4.98 Å². The van der Waals surface area contributed by atoms with Gasteiger partial charge in [0.15, 0.2) is 11.5 Å². The zero-order valence-electron chi connectivity index (χ0n) is 15.5. The molecule has 6 heteroatoms. The van der Waals surface area contributed by atoms with Crippen molar-refractivity contribution in [3.8, 4) is 11.3 Å². The van der Waals surface area contributed by atoms with E-state index in [0.717, 1.165) is 46.4 Å². The fourth-order valence-corrected chi connectivity index (χ4v) is 3.28. The van der Waals surface area contributed by atoms with Crippen molar-refractivity contribution in [3.63, 3.8) is 0 Å². The van der Waals surface area contributed by atoms with Gasteiger partial charge >= 0.3 is 0 Å². The fourth-order valence-electron chi connectivity index (χ4n) is 3.28. The number of imidazole rings is 1. The van der Waals surface area contributed by atoms with Gasteiger partial charge < -0.3 is 4.57 Å². The van der Waals surface area contributed by atoms with Gasteiger partial charge in [-0.15, -0.1) is 0 Å². The molecule has 1 aromatic carbocycles. The molecule has 0 radical (unpaired) electrons. The van der Waals surface area contributed by atoms with Gasteiger partial charge in [0.05, 0.1) is 17.1 Å². The van der Waals surface area contributed by atoms with E-state index in [0.29, 0.717) is 0 Å². The quantitative estimate of drug-likeness (QED) is 0.567. The van der Waals surface area contributed by atoms with Crippen LogP contribution in [0.5, 0.6) is 0 Å². The molecule has 3 heterocycles. The third kappa shape index (κ3) is 2.87. The van der Waals surface area contributed by atoms with Crippen molar-refractivity contribution >= 4 is 5.65 Å². The van der Waals surface area contributed by atoms with E-state index in [9.17, 15) is 0 Å². The average Bonchev–Trinajstić information content (AvgIpc) is 3.23. The summed E-state index contributed by atoms with van der Waals surface area (Å²) in [4.78, 5) is 13.9. The Labute approximate surface area is 152 Å². The maximum absolute atomic E-state index is 4.85. The minimum Gasteiger partial charge on any atom is -0.337 e. The van der Waals surface area contributed by atoms with Crippen molar-refractivity contribution in [2.75, 3.05) is 0 Å². The molecule has 0 aliphatic carbocycles. The van der Waals surface area contributed by atoms with Gasteiger partial charge in [0.25, 0.3) is 0 Å². The number of hydrogen-bond donors (Lipinski definition) is 0. The van der Waals surface area contributed by atoms with Gasteiger partial charge in [-0.3, -0.25) is 4.98 Å². The first kappa shape index (κ1) is 16.4. The third-order valence-electron chi connectivity index (χ3n) is 4.67. The van der Waals surface area contributed by atoms with Crippen molar-refractivity contribution < 1.29 is 0 Å². The molecule has 0 N–H and O–H groups in total.